The summed E-state index contributed by atoms with van der Waals surface area (Å²) >= 11 is 0. The van der Waals surface area contributed by atoms with E-state index in [0.717, 1.165) is 35.2 Å². The average molecular weight is 424 g/mol. The third-order valence-electron chi connectivity index (χ3n) is 5.62. The number of halogens is 1. The molecule has 8 nitrogen and oxygen atoms in total. The van der Waals surface area contributed by atoms with Gasteiger partial charge in [-0.15, -0.1) is 0 Å². The maximum absolute atomic E-state index is 14.2. The molecule has 0 saturated carbocycles. The number of fused-ring (bicyclic) bond motifs is 1. The number of hydrogen-bond acceptors (Lipinski definition) is 6. The molecule has 0 aromatic carbocycles. The van der Waals surface area contributed by atoms with E-state index in [1.54, 1.807) is 0 Å². The first-order chi connectivity index (χ1) is 15.0. The summed E-state index contributed by atoms with van der Waals surface area (Å²) in [6.45, 7) is 5.62. The van der Waals surface area contributed by atoms with Crippen LogP contribution in [0.1, 0.15) is 28.4 Å². The SMILES string of the molecule is CCc1cc2ncc(CN3CCN(c4cc(F)c(C(=O)NC)cn4)CC3)cc2[nH]c1=O. The van der Waals surface area contributed by atoms with Crippen LogP contribution in [0.2, 0.25) is 0 Å². The summed E-state index contributed by atoms with van der Waals surface area (Å²) in [7, 11) is 1.46. The number of hydrogen-bond donors (Lipinski definition) is 2. The van der Waals surface area contributed by atoms with Crippen molar-refractivity contribution in [2.75, 3.05) is 38.1 Å². The minimum atomic E-state index is -0.575. The Kier molecular flexibility index (Phi) is 5.94. The maximum Gasteiger partial charge on any atom is 0.255 e. The summed E-state index contributed by atoms with van der Waals surface area (Å²) in [4.78, 5) is 39.7. The van der Waals surface area contributed by atoms with E-state index in [1.807, 2.05) is 30.2 Å². The van der Waals surface area contributed by atoms with Crippen molar-refractivity contribution in [2.45, 2.75) is 19.9 Å². The molecular weight excluding hydrogens is 399 g/mol. The van der Waals surface area contributed by atoms with Gasteiger partial charge in [-0.2, -0.15) is 0 Å². The number of rotatable bonds is 5. The largest absolute Gasteiger partial charge is 0.355 e. The Hall–Kier alpha value is -3.33. The van der Waals surface area contributed by atoms with Gasteiger partial charge in [0.1, 0.15) is 11.6 Å². The highest BCUT2D eigenvalue weighted by Gasteiger charge is 2.20. The fourth-order valence-corrected chi connectivity index (χ4v) is 3.80. The molecule has 0 atom stereocenters. The molecule has 1 aliphatic rings. The molecule has 1 saturated heterocycles. The number of carbonyl (C=O) groups is 1. The molecule has 0 radical (unpaired) electrons. The summed E-state index contributed by atoms with van der Waals surface area (Å²) in [5.74, 6) is -0.534. The third kappa shape index (κ3) is 4.41. The zero-order valence-corrected chi connectivity index (χ0v) is 17.6. The van der Waals surface area contributed by atoms with Gasteiger partial charge in [-0.3, -0.25) is 19.5 Å². The molecule has 4 heterocycles. The van der Waals surface area contributed by atoms with E-state index in [4.69, 9.17) is 0 Å². The second-order valence-electron chi connectivity index (χ2n) is 7.62. The van der Waals surface area contributed by atoms with Crippen LogP contribution < -0.4 is 15.8 Å². The monoisotopic (exact) mass is 424 g/mol. The molecule has 31 heavy (non-hydrogen) atoms. The number of piperazine rings is 1. The first-order valence-electron chi connectivity index (χ1n) is 10.3. The summed E-state index contributed by atoms with van der Waals surface area (Å²) in [6.07, 6.45) is 3.80. The van der Waals surface area contributed by atoms with Crippen LogP contribution in [0.5, 0.6) is 0 Å². The van der Waals surface area contributed by atoms with Gasteiger partial charge in [-0.05, 0) is 24.1 Å². The lowest BCUT2D eigenvalue weighted by molar-refractivity contribution is 0.0958. The summed E-state index contributed by atoms with van der Waals surface area (Å²) < 4.78 is 14.2. The molecule has 2 N–H and O–H groups in total. The lowest BCUT2D eigenvalue weighted by atomic mass is 10.1. The van der Waals surface area contributed by atoms with Gasteiger partial charge in [0.05, 0.1) is 16.6 Å². The van der Waals surface area contributed by atoms with E-state index in [9.17, 15) is 14.0 Å². The lowest BCUT2D eigenvalue weighted by Gasteiger charge is -2.35. The van der Waals surface area contributed by atoms with E-state index in [2.05, 4.69) is 25.2 Å². The molecule has 162 valence electrons. The van der Waals surface area contributed by atoms with Crippen LogP contribution in [0, 0.1) is 5.82 Å². The van der Waals surface area contributed by atoms with Gasteiger partial charge >= 0.3 is 0 Å². The Bertz CT molecular complexity index is 1170. The molecule has 0 unspecified atom stereocenters. The molecule has 1 amide bonds. The van der Waals surface area contributed by atoms with Crippen molar-refractivity contribution in [3.8, 4) is 0 Å². The number of nitrogens with one attached hydrogen (secondary N) is 2. The van der Waals surface area contributed by atoms with Crippen LogP contribution in [0.25, 0.3) is 11.0 Å². The molecule has 1 aliphatic heterocycles. The zero-order valence-electron chi connectivity index (χ0n) is 17.6. The van der Waals surface area contributed by atoms with Crippen LogP contribution in [0.4, 0.5) is 10.2 Å². The minimum absolute atomic E-state index is 0.0576. The predicted octanol–water partition coefficient (Wildman–Crippen LogP) is 1.70. The number of carbonyl (C=O) groups excluding carboxylic acids is 1. The van der Waals surface area contributed by atoms with Gasteiger partial charge in [0.2, 0.25) is 0 Å². The van der Waals surface area contributed by atoms with Crippen LogP contribution in [0.15, 0.2) is 35.4 Å². The standard InChI is InChI=1S/C22H25FN6O2/c1-3-15-9-18-19(27-21(15)30)8-14(11-25-18)13-28-4-6-29(7-5-28)20-10-17(23)16(12-26-20)22(31)24-2/h8-12H,3-7,13H2,1-2H3,(H,24,31)(H,27,30). The Morgan fingerprint density at radius 3 is 2.61 bits per heavy atom. The number of aromatic amines is 1. The Morgan fingerprint density at radius 2 is 1.94 bits per heavy atom. The minimum Gasteiger partial charge on any atom is -0.355 e. The van der Waals surface area contributed by atoms with Crippen molar-refractivity contribution < 1.29 is 9.18 Å². The smallest absolute Gasteiger partial charge is 0.255 e. The van der Waals surface area contributed by atoms with Crippen LogP contribution in [-0.4, -0.2) is 59.0 Å². The quantitative estimate of drug-likeness (QED) is 0.648. The van der Waals surface area contributed by atoms with E-state index in [1.165, 1.54) is 19.3 Å². The van der Waals surface area contributed by atoms with E-state index < -0.39 is 11.7 Å². The van der Waals surface area contributed by atoms with Gasteiger partial charge in [0.15, 0.2) is 0 Å². The van der Waals surface area contributed by atoms with Crippen LogP contribution in [0.3, 0.4) is 0 Å². The molecule has 9 heteroatoms. The number of nitrogens with zero attached hydrogens (tertiary/aromatic N) is 4. The second kappa shape index (κ2) is 8.81. The lowest BCUT2D eigenvalue weighted by Crippen LogP contribution is -2.46. The second-order valence-corrected chi connectivity index (χ2v) is 7.62. The topological polar surface area (TPSA) is 94.2 Å². The van der Waals surface area contributed by atoms with Gasteiger partial charge in [0, 0.05) is 63.8 Å². The van der Waals surface area contributed by atoms with Crippen LogP contribution in [-0.2, 0) is 13.0 Å². The van der Waals surface area contributed by atoms with Gasteiger partial charge in [-0.1, -0.05) is 6.92 Å². The van der Waals surface area contributed by atoms with Gasteiger partial charge < -0.3 is 15.2 Å². The fourth-order valence-electron chi connectivity index (χ4n) is 3.80. The number of aryl methyl sites for hydroxylation is 1. The normalized spacial score (nSPS) is 14.7. The first-order valence-corrected chi connectivity index (χ1v) is 10.3. The highest BCUT2D eigenvalue weighted by molar-refractivity contribution is 5.94. The molecule has 4 rings (SSSR count). The number of H-pyrrole nitrogens is 1. The average Bonchev–Trinajstić information content (AvgIpc) is 2.78. The molecule has 3 aromatic rings. The van der Waals surface area contributed by atoms with E-state index in [-0.39, 0.29) is 11.1 Å². The highest BCUT2D eigenvalue weighted by atomic mass is 19.1. The molecular formula is C22H25FN6O2. The Labute approximate surface area is 179 Å². The van der Waals surface area contributed by atoms with Crippen molar-refractivity contribution in [1.82, 2.24) is 25.2 Å². The molecule has 0 spiro atoms. The molecule has 0 bridgehead atoms. The Morgan fingerprint density at radius 1 is 1.16 bits per heavy atom. The van der Waals surface area contributed by atoms with Crippen molar-refractivity contribution in [3.05, 3.63) is 63.5 Å². The summed E-state index contributed by atoms with van der Waals surface area (Å²) in [5, 5.41) is 2.41. The van der Waals surface area contributed by atoms with E-state index in [0.29, 0.717) is 31.9 Å². The van der Waals surface area contributed by atoms with Crippen molar-refractivity contribution >= 4 is 22.8 Å². The van der Waals surface area contributed by atoms with Crippen LogP contribution >= 0.6 is 0 Å². The van der Waals surface area contributed by atoms with Crippen molar-refractivity contribution in [3.63, 3.8) is 0 Å². The van der Waals surface area contributed by atoms with E-state index >= 15 is 0 Å². The fraction of sp³-hybridized carbons (Fsp3) is 0.364. The molecule has 0 aliphatic carbocycles. The van der Waals surface area contributed by atoms with Gasteiger partial charge in [-0.25, -0.2) is 9.37 Å². The first kappa shape index (κ1) is 20.9. The van der Waals surface area contributed by atoms with Crippen molar-refractivity contribution in [1.29, 1.82) is 0 Å². The number of anilines is 1. The maximum atomic E-state index is 14.2. The highest BCUT2D eigenvalue weighted by Crippen LogP contribution is 2.19. The summed E-state index contributed by atoms with van der Waals surface area (Å²) in [5.41, 5.74) is 3.17. The zero-order chi connectivity index (χ0) is 22.0. The van der Waals surface area contributed by atoms with Gasteiger partial charge in [0.25, 0.3) is 11.5 Å². The van der Waals surface area contributed by atoms with Crippen molar-refractivity contribution in [2.24, 2.45) is 0 Å². The number of aromatic nitrogens is 3. The molecule has 1 fully saturated rings. The molecule has 3 aromatic heterocycles. The number of pyridine rings is 3. The predicted molar refractivity (Wildman–Crippen MR) is 117 cm³/mol. The summed E-state index contributed by atoms with van der Waals surface area (Å²) in [6, 6.07) is 5.14. The number of amides is 1. The third-order valence-corrected chi connectivity index (χ3v) is 5.62. The Balaban J connectivity index is 1.41.